The first-order chi connectivity index (χ1) is 8.47. The molecule has 0 saturated carbocycles. The lowest BCUT2D eigenvalue weighted by Crippen LogP contribution is -2.18. The summed E-state index contributed by atoms with van der Waals surface area (Å²) in [5.74, 6) is -2.39. The van der Waals surface area contributed by atoms with Crippen molar-refractivity contribution in [3.8, 4) is 0 Å². The van der Waals surface area contributed by atoms with Crippen LogP contribution in [0.1, 0.15) is 15.9 Å². The first-order valence-electron chi connectivity index (χ1n) is 5.04. The van der Waals surface area contributed by atoms with Crippen LogP contribution in [0.2, 0.25) is 0 Å². The summed E-state index contributed by atoms with van der Waals surface area (Å²) >= 11 is 0. The first kappa shape index (κ1) is 13.7. The van der Waals surface area contributed by atoms with E-state index < -0.39 is 23.4 Å². The zero-order chi connectivity index (χ0) is 13.7. The third-order valence-corrected chi connectivity index (χ3v) is 2.14. The Labute approximate surface area is 103 Å². The van der Waals surface area contributed by atoms with Gasteiger partial charge in [0.1, 0.15) is 18.0 Å². The Morgan fingerprint density at radius 3 is 2.78 bits per heavy atom. The molecule has 0 aromatic heterocycles. The van der Waals surface area contributed by atoms with Crippen LogP contribution in [-0.4, -0.2) is 23.8 Å². The van der Waals surface area contributed by atoms with Crippen LogP contribution in [0.15, 0.2) is 24.8 Å². The summed E-state index contributed by atoms with van der Waals surface area (Å²) in [5, 5.41) is 11.1. The molecule has 1 amide bonds. The predicted molar refractivity (Wildman–Crippen MR) is 63.3 cm³/mol. The van der Waals surface area contributed by atoms with Crippen LogP contribution in [0.25, 0.3) is 0 Å². The number of carbonyl (C=O) groups excluding carboxylic acids is 1. The van der Waals surface area contributed by atoms with Crippen molar-refractivity contribution < 1.29 is 23.8 Å². The number of aryl methyl sites for hydroxylation is 1. The standard InChI is InChI=1S/C12H12FNO4/c1-3-6-18-12(17)14-10-7(2)4-5-8(13)9(10)11(15)16/h3-5H,1,6H2,2H3,(H,14,17)(H,15,16). The first-order valence-corrected chi connectivity index (χ1v) is 5.04. The third-order valence-electron chi connectivity index (χ3n) is 2.14. The number of amides is 1. The molecule has 0 atom stereocenters. The summed E-state index contributed by atoms with van der Waals surface area (Å²) in [6.45, 7) is 4.88. The number of carboxylic acid groups (broad SMARTS) is 1. The van der Waals surface area contributed by atoms with Crippen LogP contribution in [0, 0.1) is 12.7 Å². The van der Waals surface area contributed by atoms with Crippen molar-refractivity contribution >= 4 is 17.7 Å². The number of benzene rings is 1. The molecule has 1 rings (SSSR count). The second-order valence-corrected chi connectivity index (χ2v) is 3.43. The molecule has 1 aromatic rings. The van der Waals surface area contributed by atoms with E-state index >= 15 is 0 Å². The lowest BCUT2D eigenvalue weighted by atomic mass is 10.1. The van der Waals surface area contributed by atoms with E-state index in [1.54, 1.807) is 6.92 Å². The molecular weight excluding hydrogens is 241 g/mol. The number of nitrogens with one attached hydrogen (secondary N) is 1. The van der Waals surface area contributed by atoms with Crippen molar-refractivity contribution in [2.24, 2.45) is 0 Å². The summed E-state index contributed by atoms with van der Waals surface area (Å²) in [5.41, 5.74) is -0.286. The summed E-state index contributed by atoms with van der Waals surface area (Å²) in [4.78, 5) is 22.3. The summed E-state index contributed by atoms with van der Waals surface area (Å²) in [6, 6.07) is 2.39. The van der Waals surface area contributed by atoms with Crippen LogP contribution in [-0.2, 0) is 4.74 Å². The molecule has 0 bridgehead atoms. The minimum atomic E-state index is -1.46. The van der Waals surface area contributed by atoms with Gasteiger partial charge in [0.15, 0.2) is 0 Å². The minimum Gasteiger partial charge on any atom is -0.478 e. The van der Waals surface area contributed by atoms with Crippen LogP contribution < -0.4 is 5.32 Å². The van der Waals surface area contributed by atoms with E-state index in [4.69, 9.17) is 5.11 Å². The summed E-state index contributed by atoms with van der Waals surface area (Å²) in [7, 11) is 0. The number of carboxylic acids is 1. The second kappa shape index (κ2) is 5.81. The Kier molecular flexibility index (Phi) is 4.42. The number of carbonyl (C=O) groups is 2. The fourth-order valence-electron chi connectivity index (χ4n) is 1.32. The molecule has 0 heterocycles. The fourth-order valence-corrected chi connectivity index (χ4v) is 1.32. The quantitative estimate of drug-likeness (QED) is 0.808. The zero-order valence-electron chi connectivity index (χ0n) is 9.70. The maximum Gasteiger partial charge on any atom is 0.411 e. The average molecular weight is 253 g/mol. The molecular formula is C12H12FNO4. The largest absolute Gasteiger partial charge is 0.478 e. The number of ether oxygens (including phenoxy) is 1. The van der Waals surface area contributed by atoms with E-state index in [0.29, 0.717) is 5.56 Å². The van der Waals surface area contributed by atoms with Gasteiger partial charge in [0, 0.05) is 0 Å². The summed E-state index contributed by atoms with van der Waals surface area (Å²) < 4.78 is 18.0. The van der Waals surface area contributed by atoms with Crippen LogP contribution in [0.3, 0.4) is 0 Å². The maximum absolute atomic E-state index is 13.4. The van der Waals surface area contributed by atoms with Gasteiger partial charge in [-0.2, -0.15) is 0 Å². The van der Waals surface area contributed by atoms with E-state index in [9.17, 15) is 14.0 Å². The van der Waals surface area contributed by atoms with Gasteiger partial charge in [0.2, 0.25) is 0 Å². The van der Waals surface area contributed by atoms with Gasteiger partial charge in [0.05, 0.1) is 5.69 Å². The molecule has 18 heavy (non-hydrogen) atoms. The number of rotatable bonds is 4. The van der Waals surface area contributed by atoms with Crippen LogP contribution in [0.5, 0.6) is 0 Å². The summed E-state index contributed by atoms with van der Waals surface area (Å²) in [6.07, 6.45) is 0.488. The van der Waals surface area contributed by atoms with Crippen LogP contribution in [0.4, 0.5) is 14.9 Å². The number of halogens is 1. The van der Waals surface area contributed by atoms with E-state index in [2.05, 4.69) is 16.6 Å². The molecule has 0 aliphatic rings. The highest BCUT2D eigenvalue weighted by Crippen LogP contribution is 2.23. The fraction of sp³-hybridized carbons (Fsp3) is 0.167. The third kappa shape index (κ3) is 3.07. The highest BCUT2D eigenvalue weighted by molar-refractivity contribution is 6.00. The van der Waals surface area contributed by atoms with E-state index in [-0.39, 0.29) is 12.3 Å². The molecule has 96 valence electrons. The van der Waals surface area contributed by atoms with E-state index in [1.807, 2.05) is 0 Å². The Morgan fingerprint density at radius 1 is 1.56 bits per heavy atom. The second-order valence-electron chi connectivity index (χ2n) is 3.43. The molecule has 2 N–H and O–H groups in total. The molecule has 0 aliphatic carbocycles. The lowest BCUT2D eigenvalue weighted by molar-refractivity contribution is 0.0693. The van der Waals surface area contributed by atoms with Crippen molar-refractivity contribution in [1.29, 1.82) is 0 Å². The number of hydrogen-bond donors (Lipinski definition) is 2. The monoisotopic (exact) mass is 253 g/mol. The van der Waals surface area contributed by atoms with Gasteiger partial charge in [-0.1, -0.05) is 18.7 Å². The van der Waals surface area contributed by atoms with E-state index in [0.717, 1.165) is 6.07 Å². The predicted octanol–water partition coefficient (Wildman–Crippen LogP) is 2.57. The van der Waals surface area contributed by atoms with E-state index in [1.165, 1.54) is 12.1 Å². The van der Waals surface area contributed by atoms with Crippen molar-refractivity contribution in [3.63, 3.8) is 0 Å². The van der Waals surface area contributed by atoms with Crippen molar-refractivity contribution in [2.75, 3.05) is 11.9 Å². The topological polar surface area (TPSA) is 75.6 Å². The molecule has 6 heteroatoms. The van der Waals surface area contributed by atoms with Crippen molar-refractivity contribution in [3.05, 3.63) is 41.7 Å². The van der Waals surface area contributed by atoms with Gasteiger partial charge < -0.3 is 9.84 Å². The number of hydrogen-bond acceptors (Lipinski definition) is 3. The Balaban J connectivity index is 3.07. The molecule has 0 spiro atoms. The highest BCUT2D eigenvalue weighted by atomic mass is 19.1. The molecule has 0 fully saturated rings. The Bertz CT molecular complexity index is 499. The number of anilines is 1. The Morgan fingerprint density at radius 2 is 2.22 bits per heavy atom. The zero-order valence-corrected chi connectivity index (χ0v) is 9.70. The molecule has 0 radical (unpaired) electrons. The SMILES string of the molecule is C=CCOC(=O)Nc1c(C)ccc(F)c1C(=O)O. The van der Waals surface area contributed by atoms with Gasteiger partial charge in [-0.3, -0.25) is 5.32 Å². The van der Waals surface area contributed by atoms with Gasteiger partial charge in [-0.25, -0.2) is 14.0 Å². The van der Waals surface area contributed by atoms with Crippen LogP contribution >= 0.6 is 0 Å². The van der Waals surface area contributed by atoms with Gasteiger partial charge in [-0.15, -0.1) is 0 Å². The molecule has 0 unspecified atom stereocenters. The Hall–Kier alpha value is -2.37. The lowest BCUT2D eigenvalue weighted by Gasteiger charge is -2.11. The van der Waals surface area contributed by atoms with Gasteiger partial charge >= 0.3 is 12.1 Å². The number of aromatic carboxylic acids is 1. The van der Waals surface area contributed by atoms with Crippen molar-refractivity contribution in [1.82, 2.24) is 0 Å². The minimum absolute atomic E-state index is 0.0252. The normalized spacial score (nSPS) is 9.67. The molecule has 1 aromatic carbocycles. The highest BCUT2D eigenvalue weighted by Gasteiger charge is 2.19. The maximum atomic E-state index is 13.4. The average Bonchev–Trinajstić information content (AvgIpc) is 2.30. The van der Waals surface area contributed by atoms with Gasteiger partial charge in [0.25, 0.3) is 0 Å². The smallest absolute Gasteiger partial charge is 0.411 e. The molecule has 0 saturated heterocycles. The van der Waals surface area contributed by atoms with Crippen molar-refractivity contribution in [2.45, 2.75) is 6.92 Å². The molecule has 0 aliphatic heterocycles. The van der Waals surface area contributed by atoms with Gasteiger partial charge in [-0.05, 0) is 18.6 Å². The molecule has 5 nitrogen and oxygen atoms in total.